The number of ether oxygens (including phenoxy) is 2. The number of amides is 1. The van der Waals surface area contributed by atoms with E-state index >= 15 is 0 Å². The Bertz CT molecular complexity index is 1170. The van der Waals surface area contributed by atoms with Gasteiger partial charge in [-0.1, -0.05) is 12.1 Å². The summed E-state index contributed by atoms with van der Waals surface area (Å²) in [5.74, 6) is -0.187. The van der Waals surface area contributed by atoms with Gasteiger partial charge in [0, 0.05) is 13.7 Å². The first-order valence-corrected chi connectivity index (χ1v) is 9.69. The summed E-state index contributed by atoms with van der Waals surface area (Å²) in [7, 11) is 2.98. The van der Waals surface area contributed by atoms with Crippen LogP contribution in [0.3, 0.4) is 0 Å². The standard InChI is InChI=1S/C21H18BrNO6/c1-27-8-7-23-17(11-9-13(22)19(25)15(10-11)28-2)16-18(24)12-5-3-4-6-14(12)29-20(16)21(23)26/h3-6,9-10,17,25H,7-8H2,1-2H3. The molecule has 150 valence electrons. The molecule has 1 atom stereocenters. The van der Waals surface area contributed by atoms with Crippen molar-refractivity contribution < 1.29 is 23.8 Å². The minimum atomic E-state index is -0.695. The Kier molecular flexibility index (Phi) is 5.06. The van der Waals surface area contributed by atoms with Crippen LogP contribution >= 0.6 is 15.9 Å². The predicted molar refractivity (Wildman–Crippen MR) is 110 cm³/mol. The third-order valence-corrected chi connectivity index (χ3v) is 5.60. The summed E-state index contributed by atoms with van der Waals surface area (Å²) in [6, 6.07) is 9.42. The Balaban J connectivity index is 1.99. The Hall–Kier alpha value is -2.84. The van der Waals surface area contributed by atoms with Crippen LogP contribution in [0.4, 0.5) is 0 Å². The summed E-state index contributed by atoms with van der Waals surface area (Å²) in [6.07, 6.45) is 0. The topological polar surface area (TPSA) is 89.2 Å². The van der Waals surface area contributed by atoms with Gasteiger partial charge in [0.25, 0.3) is 5.91 Å². The summed E-state index contributed by atoms with van der Waals surface area (Å²) in [4.78, 5) is 28.0. The number of para-hydroxylation sites is 1. The molecule has 29 heavy (non-hydrogen) atoms. The van der Waals surface area contributed by atoms with Gasteiger partial charge in [-0.05, 0) is 45.8 Å². The van der Waals surface area contributed by atoms with Crippen LogP contribution in [0.15, 0.2) is 50.1 Å². The van der Waals surface area contributed by atoms with Gasteiger partial charge in [0.05, 0.1) is 35.2 Å². The quantitative estimate of drug-likeness (QED) is 0.628. The van der Waals surface area contributed by atoms with Crippen LogP contribution in [0.2, 0.25) is 0 Å². The average molecular weight is 460 g/mol. The Morgan fingerprint density at radius 1 is 1.21 bits per heavy atom. The first-order chi connectivity index (χ1) is 14.0. The maximum Gasteiger partial charge on any atom is 0.290 e. The van der Waals surface area contributed by atoms with Crippen LogP contribution in [0.1, 0.15) is 27.7 Å². The molecule has 1 aliphatic rings. The van der Waals surface area contributed by atoms with Crippen LogP contribution in [0, 0.1) is 0 Å². The van der Waals surface area contributed by atoms with E-state index in [1.54, 1.807) is 43.5 Å². The maximum absolute atomic E-state index is 13.3. The maximum atomic E-state index is 13.3. The number of methoxy groups -OCH3 is 2. The van der Waals surface area contributed by atoms with E-state index in [4.69, 9.17) is 13.9 Å². The van der Waals surface area contributed by atoms with E-state index in [0.717, 1.165) is 0 Å². The van der Waals surface area contributed by atoms with Gasteiger partial charge in [0.15, 0.2) is 16.9 Å². The number of carbonyl (C=O) groups excluding carboxylic acids is 1. The predicted octanol–water partition coefficient (Wildman–Crippen LogP) is 3.46. The third-order valence-electron chi connectivity index (χ3n) is 5.00. The molecule has 0 spiro atoms. The molecule has 3 aromatic rings. The average Bonchev–Trinajstić information content (AvgIpc) is 3.00. The SMILES string of the molecule is COCCN1C(=O)c2oc3ccccc3c(=O)c2C1c1cc(Br)c(O)c(OC)c1. The van der Waals surface area contributed by atoms with Gasteiger partial charge in [0.2, 0.25) is 5.76 Å². The van der Waals surface area contributed by atoms with E-state index in [-0.39, 0.29) is 40.7 Å². The van der Waals surface area contributed by atoms with Crippen molar-refractivity contribution in [1.82, 2.24) is 4.90 Å². The van der Waals surface area contributed by atoms with E-state index in [2.05, 4.69) is 15.9 Å². The molecule has 1 aromatic heterocycles. The second kappa shape index (κ2) is 7.53. The molecule has 0 bridgehead atoms. The van der Waals surface area contributed by atoms with Crippen molar-refractivity contribution in [3.8, 4) is 11.5 Å². The molecule has 1 aliphatic heterocycles. The van der Waals surface area contributed by atoms with Crippen molar-refractivity contribution in [2.24, 2.45) is 0 Å². The van der Waals surface area contributed by atoms with Crippen molar-refractivity contribution in [3.63, 3.8) is 0 Å². The fourth-order valence-corrected chi connectivity index (χ4v) is 4.10. The Morgan fingerprint density at radius 3 is 2.69 bits per heavy atom. The van der Waals surface area contributed by atoms with Crippen LogP contribution in [-0.2, 0) is 4.74 Å². The number of carbonyl (C=O) groups is 1. The van der Waals surface area contributed by atoms with Gasteiger partial charge < -0.3 is 23.9 Å². The number of rotatable bonds is 5. The van der Waals surface area contributed by atoms with Crippen molar-refractivity contribution in [2.75, 3.05) is 27.4 Å². The number of hydrogen-bond acceptors (Lipinski definition) is 6. The zero-order valence-corrected chi connectivity index (χ0v) is 17.4. The number of fused-ring (bicyclic) bond motifs is 2. The highest BCUT2D eigenvalue weighted by Gasteiger charge is 2.43. The molecule has 2 aromatic carbocycles. The highest BCUT2D eigenvalue weighted by atomic mass is 79.9. The molecule has 0 saturated carbocycles. The molecule has 1 unspecified atom stereocenters. The smallest absolute Gasteiger partial charge is 0.290 e. The minimum absolute atomic E-state index is 0.0259. The molecule has 0 aliphatic carbocycles. The van der Waals surface area contributed by atoms with Gasteiger partial charge in [-0.15, -0.1) is 0 Å². The largest absolute Gasteiger partial charge is 0.503 e. The fraction of sp³-hybridized carbons (Fsp3) is 0.238. The van der Waals surface area contributed by atoms with Gasteiger partial charge in [0.1, 0.15) is 5.58 Å². The lowest BCUT2D eigenvalue weighted by molar-refractivity contribution is 0.0663. The van der Waals surface area contributed by atoms with Crippen LogP contribution < -0.4 is 10.2 Å². The van der Waals surface area contributed by atoms with E-state index in [1.807, 2.05) is 0 Å². The van der Waals surface area contributed by atoms with E-state index in [9.17, 15) is 14.7 Å². The zero-order valence-electron chi connectivity index (χ0n) is 15.8. The minimum Gasteiger partial charge on any atom is -0.503 e. The van der Waals surface area contributed by atoms with Crippen LogP contribution in [0.25, 0.3) is 11.0 Å². The van der Waals surface area contributed by atoms with Crippen molar-refractivity contribution >= 4 is 32.8 Å². The van der Waals surface area contributed by atoms with E-state index in [1.165, 1.54) is 12.0 Å². The lowest BCUT2D eigenvalue weighted by Crippen LogP contribution is -2.32. The molecule has 8 heteroatoms. The van der Waals surface area contributed by atoms with E-state index in [0.29, 0.717) is 27.6 Å². The van der Waals surface area contributed by atoms with Gasteiger partial charge >= 0.3 is 0 Å². The molecule has 0 fully saturated rings. The molecule has 1 N–H and O–H groups in total. The number of halogens is 1. The Labute approximate surface area is 174 Å². The first kappa shape index (κ1) is 19.5. The zero-order chi connectivity index (χ0) is 20.7. The highest BCUT2D eigenvalue weighted by molar-refractivity contribution is 9.10. The summed E-state index contributed by atoms with van der Waals surface area (Å²) in [5, 5.41) is 10.6. The number of nitrogens with zero attached hydrogens (tertiary/aromatic N) is 1. The Morgan fingerprint density at radius 2 is 1.97 bits per heavy atom. The summed E-state index contributed by atoms with van der Waals surface area (Å²) < 4.78 is 16.6. The van der Waals surface area contributed by atoms with Crippen LogP contribution in [-0.4, -0.2) is 43.3 Å². The van der Waals surface area contributed by atoms with Crippen molar-refractivity contribution in [3.05, 3.63) is 68.0 Å². The highest BCUT2D eigenvalue weighted by Crippen LogP contribution is 2.43. The fourth-order valence-electron chi connectivity index (χ4n) is 3.64. The number of benzene rings is 2. The van der Waals surface area contributed by atoms with Crippen LogP contribution in [0.5, 0.6) is 11.5 Å². The molecular formula is C21H18BrNO6. The number of phenols is 1. The summed E-state index contributed by atoms with van der Waals surface area (Å²) >= 11 is 3.31. The molecular weight excluding hydrogens is 442 g/mol. The van der Waals surface area contributed by atoms with Gasteiger partial charge in [-0.25, -0.2) is 0 Å². The second-order valence-corrected chi connectivity index (χ2v) is 7.47. The van der Waals surface area contributed by atoms with Crippen molar-refractivity contribution in [2.45, 2.75) is 6.04 Å². The normalized spacial score (nSPS) is 15.8. The monoisotopic (exact) mass is 459 g/mol. The molecule has 0 radical (unpaired) electrons. The molecule has 0 saturated heterocycles. The number of phenolic OH excluding ortho intramolecular Hbond substituents is 1. The molecule has 2 heterocycles. The first-order valence-electron chi connectivity index (χ1n) is 8.90. The van der Waals surface area contributed by atoms with Gasteiger partial charge in [-0.3, -0.25) is 9.59 Å². The molecule has 7 nitrogen and oxygen atoms in total. The van der Waals surface area contributed by atoms with E-state index < -0.39 is 6.04 Å². The summed E-state index contributed by atoms with van der Waals surface area (Å²) in [5.41, 5.74) is 0.978. The third kappa shape index (κ3) is 3.08. The second-order valence-electron chi connectivity index (χ2n) is 6.62. The van der Waals surface area contributed by atoms with Crippen molar-refractivity contribution in [1.29, 1.82) is 0 Å². The van der Waals surface area contributed by atoms with Gasteiger partial charge in [-0.2, -0.15) is 0 Å². The lowest BCUT2D eigenvalue weighted by atomic mass is 9.98. The lowest BCUT2D eigenvalue weighted by Gasteiger charge is -2.25. The molecule has 1 amide bonds. The molecule has 4 rings (SSSR count). The number of aromatic hydroxyl groups is 1. The number of hydrogen-bond donors (Lipinski definition) is 1. The summed E-state index contributed by atoms with van der Waals surface area (Å²) in [6.45, 7) is 0.557.